The largest absolute Gasteiger partial charge is 0.480 e. The Morgan fingerprint density at radius 3 is 2.38 bits per heavy atom. The average molecular weight is 332 g/mol. The molecule has 1 aliphatic heterocycles. The van der Waals surface area contributed by atoms with Crippen molar-refractivity contribution in [3.8, 4) is 0 Å². The van der Waals surface area contributed by atoms with Gasteiger partial charge in [0.05, 0.1) is 0 Å². The number of hydrogen-bond acceptors (Lipinski definition) is 5. The smallest absolute Gasteiger partial charge is 0.320 e. The Hall–Kier alpha value is -1.66. The zero-order chi connectivity index (χ0) is 16.9. The van der Waals surface area contributed by atoms with E-state index in [1.54, 1.807) is 0 Å². The second-order valence-electron chi connectivity index (χ2n) is 7.14. The molecule has 6 heteroatoms. The van der Waals surface area contributed by atoms with Crippen molar-refractivity contribution >= 4 is 11.7 Å². The molecule has 0 aromatic carbocycles. The van der Waals surface area contributed by atoms with Gasteiger partial charge >= 0.3 is 5.97 Å². The van der Waals surface area contributed by atoms with Gasteiger partial charge < -0.3 is 15.7 Å². The molecule has 3 N–H and O–H groups in total. The number of carboxylic acid groups (broad SMARTS) is 1. The lowest BCUT2D eigenvalue weighted by Crippen LogP contribution is -2.48. The molecule has 0 amide bonds. The molecule has 0 bridgehead atoms. The molecule has 2 heterocycles. The molecule has 3 rings (SSSR count). The Kier molecular flexibility index (Phi) is 5.68. The van der Waals surface area contributed by atoms with Gasteiger partial charge in [0.1, 0.15) is 6.04 Å². The fourth-order valence-corrected chi connectivity index (χ4v) is 4.04. The number of carboxylic acids is 1. The monoisotopic (exact) mass is 332 g/mol. The highest BCUT2D eigenvalue weighted by atomic mass is 16.4. The summed E-state index contributed by atoms with van der Waals surface area (Å²) in [6.07, 6.45) is 7.82. The molecular weight excluding hydrogens is 304 g/mol. The van der Waals surface area contributed by atoms with Crippen LogP contribution in [0.2, 0.25) is 0 Å². The third kappa shape index (κ3) is 4.24. The maximum absolute atomic E-state index is 11.0. The van der Waals surface area contributed by atoms with E-state index in [4.69, 9.17) is 10.8 Å². The van der Waals surface area contributed by atoms with E-state index >= 15 is 0 Å². The molecule has 1 atom stereocenters. The van der Waals surface area contributed by atoms with Gasteiger partial charge in [-0.1, -0.05) is 0 Å². The SMILES string of the molecule is NC(C(=O)O)C1CCC(CN2CCN(c3ccncc3)CC2)CC1. The second-order valence-corrected chi connectivity index (χ2v) is 7.14. The number of piperazine rings is 1. The Labute approximate surface area is 143 Å². The van der Waals surface area contributed by atoms with Gasteiger partial charge in [-0.15, -0.1) is 0 Å². The van der Waals surface area contributed by atoms with E-state index in [1.807, 2.05) is 12.4 Å². The number of aliphatic carboxylic acids is 1. The van der Waals surface area contributed by atoms with E-state index in [1.165, 1.54) is 5.69 Å². The fourth-order valence-electron chi connectivity index (χ4n) is 4.04. The van der Waals surface area contributed by atoms with Crippen LogP contribution in [0.1, 0.15) is 25.7 Å². The summed E-state index contributed by atoms with van der Waals surface area (Å²) in [5.41, 5.74) is 7.03. The minimum atomic E-state index is -0.856. The Morgan fingerprint density at radius 1 is 1.17 bits per heavy atom. The lowest BCUT2D eigenvalue weighted by atomic mass is 9.78. The molecule has 1 saturated heterocycles. The first-order valence-electron chi connectivity index (χ1n) is 8.99. The minimum absolute atomic E-state index is 0.155. The lowest BCUT2D eigenvalue weighted by molar-refractivity contribution is -0.140. The highest BCUT2D eigenvalue weighted by Crippen LogP contribution is 2.31. The van der Waals surface area contributed by atoms with Crippen molar-refractivity contribution in [1.82, 2.24) is 9.88 Å². The topological polar surface area (TPSA) is 82.7 Å². The van der Waals surface area contributed by atoms with Gasteiger partial charge in [-0.2, -0.15) is 0 Å². The summed E-state index contributed by atoms with van der Waals surface area (Å²) in [6, 6.07) is 3.46. The van der Waals surface area contributed by atoms with Gasteiger partial charge in [-0.3, -0.25) is 14.7 Å². The highest BCUT2D eigenvalue weighted by molar-refractivity contribution is 5.73. The molecule has 0 radical (unpaired) electrons. The molecule has 0 spiro atoms. The van der Waals surface area contributed by atoms with Gasteiger partial charge in [-0.05, 0) is 49.7 Å². The summed E-state index contributed by atoms with van der Waals surface area (Å²) in [4.78, 5) is 20.1. The van der Waals surface area contributed by atoms with Crippen molar-refractivity contribution in [3.05, 3.63) is 24.5 Å². The molecule has 24 heavy (non-hydrogen) atoms. The van der Waals surface area contributed by atoms with Crippen molar-refractivity contribution in [1.29, 1.82) is 0 Å². The fraction of sp³-hybridized carbons (Fsp3) is 0.667. The first-order chi connectivity index (χ1) is 11.6. The Morgan fingerprint density at radius 2 is 1.79 bits per heavy atom. The summed E-state index contributed by atoms with van der Waals surface area (Å²) in [6.45, 7) is 5.44. The molecule has 1 aliphatic carbocycles. The van der Waals surface area contributed by atoms with Gasteiger partial charge in [0.15, 0.2) is 0 Å². The van der Waals surface area contributed by atoms with Crippen LogP contribution in [0, 0.1) is 11.8 Å². The Balaban J connectivity index is 1.40. The summed E-state index contributed by atoms with van der Waals surface area (Å²) in [5, 5.41) is 9.04. The average Bonchev–Trinajstić information content (AvgIpc) is 2.63. The quantitative estimate of drug-likeness (QED) is 0.849. The van der Waals surface area contributed by atoms with Crippen LogP contribution in [0.5, 0.6) is 0 Å². The summed E-state index contributed by atoms with van der Waals surface area (Å²) in [7, 11) is 0. The summed E-state index contributed by atoms with van der Waals surface area (Å²) >= 11 is 0. The van der Waals surface area contributed by atoms with E-state index in [9.17, 15) is 4.79 Å². The summed E-state index contributed by atoms with van der Waals surface area (Å²) < 4.78 is 0. The van der Waals surface area contributed by atoms with Gasteiger partial charge in [-0.25, -0.2) is 0 Å². The van der Waals surface area contributed by atoms with Crippen molar-refractivity contribution in [2.75, 3.05) is 37.6 Å². The first kappa shape index (κ1) is 17.2. The molecule has 132 valence electrons. The van der Waals surface area contributed by atoms with Crippen molar-refractivity contribution in [2.45, 2.75) is 31.7 Å². The lowest BCUT2D eigenvalue weighted by Gasteiger charge is -2.39. The number of anilines is 1. The molecule has 1 aromatic heterocycles. The van der Waals surface area contributed by atoms with Crippen LogP contribution in [-0.2, 0) is 4.79 Å². The Bertz CT molecular complexity index is 523. The molecule has 2 fully saturated rings. The number of nitrogens with zero attached hydrogens (tertiary/aromatic N) is 3. The van der Waals surface area contributed by atoms with Gasteiger partial charge in [0.2, 0.25) is 0 Å². The van der Waals surface area contributed by atoms with E-state index in [2.05, 4.69) is 26.9 Å². The number of carbonyl (C=O) groups is 1. The van der Waals surface area contributed by atoms with E-state index in [0.29, 0.717) is 5.92 Å². The highest BCUT2D eigenvalue weighted by Gasteiger charge is 2.30. The zero-order valence-corrected chi connectivity index (χ0v) is 14.2. The van der Waals surface area contributed by atoms with E-state index in [0.717, 1.165) is 58.4 Å². The van der Waals surface area contributed by atoms with Crippen LogP contribution in [0.25, 0.3) is 0 Å². The molecular formula is C18H28N4O2. The normalized spacial score (nSPS) is 27.0. The van der Waals surface area contributed by atoms with Crippen LogP contribution in [0.4, 0.5) is 5.69 Å². The third-order valence-electron chi connectivity index (χ3n) is 5.60. The van der Waals surface area contributed by atoms with Gasteiger partial charge in [0.25, 0.3) is 0 Å². The predicted octanol–water partition coefficient (Wildman–Crippen LogP) is 1.42. The van der Waals surface area contributed by atoms with E-state index in [-0.39, 0.29) is 5.92 Å². The molecule has 2 aliphatic rings. The summed E-state index contributed by atoms with van der Waals surface area (Å²) in [5.74, 6) is -0.0114. The van der Waals surface area contributed by atoms with E-state index < -0.39 is 12.0 Å². The number of hydrogen-bond donors (Lipinski definition) is 2. The first-order valence-corrected chi connectivity index (χ1v) is 8.99. The number of rotatable bonds is 5. The van der Waals surface area contributed by atoms with Crippen LogP contribution in [-0.4, -0.2) is 59.7 Å². The minimum Gasteiger partial charge on any atom is -0.480 e. The molecule has 1 aromatic rings. The van der Waals surface area contributed by atoms with Gasteiger partial charge in [0, 0.05) is 50.8 Å². The van der Waals surface area contributed by atoms with Crippen molar-refractivity contribution < 1.29 is 9.90 Å². The maximum Gasteiger partial charge on any atom is 0.320 e. The maximum atomic E-state index is 11.0. The molecule has 1 saturated carbocycles. The number of pyridine rings is 1. The molecule has 6 nitrogen and oxygen atoms in total. The third-order valence-corrected chi connectivity index (χ3v) is 5.60. The van der Waals surface area contributed by atoms with Crippen molar-refractivity contribution in [2.24, 2.45) is 17.6 Å². The van der Waals surface area contributed by atoms with Crippen LogP contribution in [0.15, 0.2) is 24.5 Å². The zero-order valence-electron chi connectivity index (χ0n) is 14.2. The van der Waals surface area contributed by atoms with Crippen LogP contribution >= 0.6 is 0 Å². The number of nitrogens with two attached hydrogens (primary N) is 1. The van der Waals surface area contributed by atoms with Crippen LogP contribution < -0.4 is 10.6 Å². The molecule has 1 unspecified atom stereocenters. The number of aromatic nitrogens is 1. The second kappa shape index (κ2) is 7.94. The standard InChI is InChI=1S/C18H28N4O2/c19-17(18(23)24)15-3-1-14(2-4-15)13-21-9-11-22(12-10-21)16-5-7-20-8-6-16/h5-8,14-15,17H,1-4,9-13,19H2,(H,23,24). The van der Waals surface area contributed by atoms with Crippen LogP contribution in [0.3, 0.4) is 0 Å². The van der Waals surface area contributed by atoms with Crippen molar-refractivity contribution in [3.63, 3.8) is 0 Å². The predicted molar refractivity (Wildman–Crippen MR) is 93.9 cm³/mol.